The SMILES string of the molecule is CN1CCCN(c2nc3c(cc2F)c(=O)c(C(=O)N2CCCCC2)c2sc4ccccc4n23)CC1. The Morgan fingerprint density at radius 3 is 2.63 bits per heavy atom. The van der Waals surface area contributed by atoms with Crippen molar-refractivity contribution in [1.29, 1.82) is 0 Å². The standard InChI is InChI=1S/C26H28FN5O2S/c1-29-10-7-13-30(15-14-29)24-18(27)16-17-22(33)21(25(34)31-11-5-2-6-12-31)26-32(23(17)28-24)19-8-3-4-9-20(19)35-26/h3-4,8-9,16H,2,5-7,10-15H2,1H3. The lowest BCUT2D eigenvalue weighted by molar-refractivity contribution is 0.0725. The number of carbonyl (C=O) groups excluding carboxylic acids is 1. The molecule has 5 heterocycles. The number of pyridine rings is 2. The molecular formula is C26H28FN5O2S. The van der Waals surface area contributed by atoms with Gasteiger partial charge in [-0.3, -0.25) is 14.0 Å². The van der Waals surface area contributed by atoms with Gasteiger partial charge in [0.25, 0.3) is 5.91 Å². The third-order valence-electron chi connectivity index (χ3n) is 7.23. The minimum absolute atomic E-state index is 0.131. The van der Waals surface area contributed by atoms with E-state index in [1.54, 1.807) is 4.90 Å². The van der Waals surface area contributed by atoms with Crippen LogP contribution in [-0.2, 0) is 0 Å². The second-order valence-corrected chi connectivity index (χ2v) is 10.6. The molecule has 2 saturated heterocycles. The summed E-state index contributed by atoms with van der Waals surface area (Å²) in [5, 5.41) is 0.152. The predicted octanol–water partition coefficient (Wildman–Crippen LogP) is 3.97. The number of para-hydroxylation sites is 1. The van der Waals surface area contributed by atoms with Crippen molar-refractivity contribution >= 4 is 49.1 Å². The fourth-order valence-electron chi connectivity index (χ4n) is 5.32. The van der Waals surface area contributed by atoms with E-state index in [1.807, 2.05) is 33.6 Å². The van der Waals surface area contributed by atoms with Gasteiger partial charge in [-0.25, -0.2) is 9.37 Å². The number of piperidine rings is 1. The van der Waals surface area contributed by atoms with E-state index in [2.05, 4.69) is 11.9 Å². The number of nitrogens with zero attached hydrogens (tertiary/aromatic N) is 5. The van der Waals surface area contributed by atoms with Crippen LogP contribution in [0.2, 0.25) is 0 Å². The lowest BCUT2D eigenvalue weighted by Crippen LogP contribution is -2.38. The van der Waals surface area contributed by atoms with E-state index in [0.717, 1.165) is 49.0 Å². The fourth-order valence-corrected chi connectivity index (χ4v) is 6.50. The summed E-state index contributed by atoms with van der Waals surface area (Å²) in [5.74, 6) is -0.512. The van der Waals surface area contributed by atoms with Crippen molar-refractivity contribution in [3.63, 3.8) is 0 Å². The Balaban J connectivity index is 1.62. The summed E-state index contributed by atoms with van der Waals surface area (Å²) in [6, 6.07) is 9.11. The first-order valence-electron chi connectivity index (χ1n) is 12.3. The molecule has 0 aliphatic carbocycles. The Bertz CT molecular complexity index is 1510. The molecule has 1 aromatic carbocycles. The summed E-state index contributed by atoms with van der Waals surface area (Å²) in [7, 11) is 2.06. The largest absolute Gasteiger partial charge is 0.353 e. The number of aromatic nitrogens is 2. The molecule has 3 aromatic heterocycles. The second kappa shape index (κ2) is 8.87. The Labute approximate surface area is 206 Å². The highest BCUT2D eigenvalue weighted by Gasteiger charge is 2.28. The summed E-state index contributed by atoms with van der Waals surface area (Å²) >= 11 is 1.42. The fraction of sp³-hybridized carbons (Fsp3) is 0.423. The van der Waals surface area contributed by atoms with Gasteiger partial charge in [-0.05, 0) is 57.5 Å². The number of amides is 1. The zero-order valence-corrected chi connectivity index (χ0v) is 20.6. The molecule has 0 unspecified atom stereocenters. The van der Waals surface area contributed by atoms with Crippen LogP contribution in [0.1, 0.15) is 36.0 Å². The van der Waals surface area contributed by atoms with E-state index in [1.165, 1.54) is 17.4 Å². The number of rotatable bonds is 2. The van der Waals surface area contributed by atoms with Crippen LogP contribution in [0.4, 0.5) is 10.2 Å². The molecular weight excluding hydrogens is 465 g/mol. The van der Waals surface area contributed by atoms with E-state index in [4.69, 9.17) is 4.98 Å². The van der Waals surface area contributed by atoms with Crippen LogP contribution < -0.4 is 10.3 Å². The zero-order valence-electron chi connectivity index (χ0n) is 19.8. The monoisotopic (exact) mass is 493 g/mol. The molecule has 2 aliphatic heterocycles. The van der Waals surface area contributed by atoms with Crippen molar-refractivity contribution in [1.82, 2.24) is 19.2 Å². The lowest BCUT2D eigenvalue weighted by atomic mass is 10.1. The maximum atomic E-state index is 15.5. The third kappa shape index (κ3) is 3.77. The Hall–Kier alpha value is -3.04. The number of anilines is 1. The Morgan fingerprint density at radius 1 is 1.00 bits per heavy atom. The third-order valence-corrected chi connectivity index (χ3v) is 8.37. The average molecular weight is 494 g/mol. The van der Waals surface area contributed by atoms with Crippen molar-refractivity contribution < 1.29 is 9.18 Å². The molecule has 0 atom stereocenters. The van der Waals surface area contributed by atoms with Crippen LogP contribution in [0, 0.1) is 5.82 Å². The highest BCUT2D eigenvalue weighted by molar-refractivity contribution is 7.24. The van der Waals surface area contributed by atoms with E-state index in [0.29, 0.717) is 36.7 Å². The number of fused-ring (bicyclic) bond motifs is 5. The van der Waals surface area contributed by atoms with Gasteiger partial charge in [0.05, 0.1) is 15.6 Å². The van der Waals surface area contributed by atoms with Gasteiger partial charge in [-0.2, -0.15) is 0 Å². The highest BCUT2D eigenvalue weighted by Crippen LogP contribution is 2.33. The van der Waals surface area contributed by atoms with Gasteiger partial charge in [0.1, 0.15) is 10.4 Å². The van der Waals surface area contributed by atoms with Crippen molar-refractivity contribution in [3.8, 4) is 0 Å². The van der Waals surface area contributed by atoms with Crippen molar-refractivity contribution in [2.75, 3.05) is 51.2 Å². The predicted molar refractivity (Wildman–Crippen MR) is 138 cm³/mol. The minimum Gasteiger partial charge on any atom is -0.353 e. The van der Waals surface area contributed by atoms with Gasteiger partial charge >= 0.3 is 0 Å². The summed E-state index contributed by atoms with van der Waals surface area (Å²) in [5.41, 5.74) is 0.971. The van der Waals surface area contributed by atoms with Crippen molar-refractivity contribution in [2.24, 2.45) is 0 Å². The number of hydrogen-bond donors (Lipinski definition) is 0. The molecule has 35 heavy (non-hydrogen) atoms. The second-order valence-electron chi connectivity index (χ2n) is 9.58. The van der Waals surface area contributed by atoms with E-state index in [-0.39, 0.29) is 22.7 Å². The number of hydrogen-bond acceptors (Lipinski definition) is 6. The number of likely N-dealkylation sites (N-methyl/N-ethyl adjacent to an activating group) is 1. The number of benzene rings is 1. The molecule has 0 bridgehead atoms. The maximum Gasteiger partial charge on any atom is 0.260 e. The number of likely N-dealkylation sites (tertiary alicyclic amines) is 1. The molecule has 182 valence electrons. The van der Waals surface area contributed by atoms with Gasteiger partial charge in [0, 0.05) is 32.7 Å². The molecule has 2 fully saturated rings. The van der Waals surface area contributed by atoms with E-state index in [9.17, 15) is 9.59 Å². The smallest absolute Gasteiger partial charge is 0.260 e. The summed E-state index contributed by atoms with van der Waals surface area (Å²) in [4.78, 5) is 38.7. The Morgan fingerprint density at radius 2 is 1.80 bits per heavy atom. The molecule has 4 aromatic rings. The quantitative estimate of drug-likeness (QED) is 0.423. The van der Waals surface area contributed by atoms with Gasteiger partial charge in [0.2, 0.25) is 5.43 Å². The molecule has 9 heteroatoms. The molecule has 6 rings (SSSR count). The van der Waals surface area contributed by atoms with Crippen LogP contribution in [0.15, 0.2) is 35.1 Å². The molecule has 2 aliphatic rings. The lowest BCUT2D eigenvalue weighted by Gasteiger charge is -2.27. The molecule has 1 amide bonds. The molecule has 0 N–H and O–H groups in total. The van der Waals surface area contributed by atoms with Crippen molar-refractivity contribution in [3.05, 3.63) is 51.9 Å². The first-order chi connectivity index (χ1) is 17.0. The van der Waals surface area contributed by atoms with Crippen molar-refractivity contribution in [2.45, 2.75) is 25.7 Å². The van der Waals surface area contributed by atoms with Crippen LogP contribution >= 0.6 is 11.3 Å². The van der Waals surface area contributed by atoms with E-state index < -0.39 is 11.2 Å². The molecule has 0 saturated carbocycles. The zero-order chi connectivity index (χ0) is 24.1. The Kier molecular flexibility index (Phi) is 5.69. The maximum absolute atomic E-state index is 15.5. The molecule has 0 spiro atoms. The minimum atomic E-state index is -0.519. The molecule has 0 radical (unpaired) electrons. The van der Waals surface area contributed by atoms with Crippen LogP contribution in [0.3, 0.4) is 0 Å². The van der Waals surface area contributed by atoms with Gasteiger partial charge in [0.15, 0.2) is 17.3 Å². The first-order valence-corrected chi connectivity index (χ1v) is 13.1. The van der Waals surface area contributed by atoms with Crippen LogP contribution in [0.25, 0.3) is 26.1 Å². The number of thiazole rings is 1. The van der Waals surface area contributed by atoms with Gasteiger partial charge in [-0.1, -0.05) is 12.1 Å². The van der Waals surface area contributed by atoms with E-state index >= 15 is 4.39 Å². The van der Waals surface area contributed by atoms with Gasteiger partial charge < -0.3 is 14.7 Å². The highest BCUT2D eigenvalue weighted by atomic mass is 32.1. The topological polar surface area (TPSA) is 61.2 Å². The summed E-state index contributed by atoms with van der Waals surface area (Å²) in [6.07, 6.45) is 3.86. The van der Waals surface area contributed by atoms with Crippen LogP contribution in [-0.4, -0.2) is 71.4 Å². The van der Waals surface area contributed by atoms with Gasteiger partial charge in [-0.15, -0.1) is 11.3 Å². The average Bonchev–Trinajstić information content (AvgIpc) is 3.12. The summed E-state index contributed by atoms with van der Waals surface area (Å²) < 4.78 is 18.3. The first kappa shape index (κ1) is 22.4. The number of halogens is 1. The molecule has 7 nitrogen and oxygen atoms in total. The van der Waals surface area contributed by atoms with Crippen LogP contribution in [0.5, 0.6) is 0 Å². The normalized spacial score (nSPS) is 18.0. The summed E-state index contributed by atoms with van der Waals surface area (Å²) in [6.45, 7) is 4.42. The number of carbonyl (C=O) groups is 1.